The van der Waals surface area contributed by atoms with Gasteiger partial charge in [0.15, 0.2) is 0 Å². The van der Waals surface area contributed by atoms with Crippen LogP contribution >= 0.6 is 0 Å². The number of nitrogens with zero attached hydrogens (tertiary/aromatic N) is 3. The smallest absolute Gasteiger partial charge is 0.233 e. The van der Waals surface area contributed by atoms with Crippen LogP contribution in [0.2, 0.25) is 0 Å². The minimum atomic E-state index is -0.728. The van der Waals surface area contributed by atoms with Gasteiger partial charge in [0.25, 0.3) is 0 Å². The van der Waals surface area contributed by atoms with E-state index in [9.17, 15) is 43.2 Å². The minimum absolute atomic E-state index is 0.0132. The van der Waals surface area contributed by atoms with E-state index in [2.05, 4.69) is 16.0 Å². The number of amides is 9. The summed E-state index contributed by atoms with van der Waals surface area (Å²) in [6, 6.07) is 0. The zero-order valence-electron chi connectivity index (χ0n) is 27.5. The molecule has 47 heavy (non-hydrogen) atoms. The van der Waals surface area contributed by atoms with E-state index in [0.717, 1.165) is 14.7 Å². The van der Waals surface area contributed by atoms with Crippen molar-refractivity contribution < 1.29 is 43.2 Å². The summed E-state index contributed by atoms with van der Waals surface area (Å²) in [6.45, 7) is 7.23. The lowest BCUT2D eigenvalue weighted by atomic mass is 9.74. The van der Waals surface area contributed by atoms with Gasteiger partial charge in [-0.25, -0.2) is 0 Å². The number of carbonyl (C=O) groups is 9. The molecule has 6 atom stereocenters. The summed E-state index contributed by atoms with van der Waals surface area (Å²) in [5, 5.41) is 8.24. The second-order valence-corrected chi connectivity index (χ2v) is 13.6. The Bertz CT molecular complexity index is 1270. The van der Waals surface area contributed by atoms with E-state index < -0.39 is 47.3 Å². The second kappa shape index (κ2) is 15.2. The van der Waals surface area contributed by atoms with Gasteiger partial charge >= 0.3 is 0 Å². The second-order valence-electron chi connectivity index (χ2n) is 13.6. The number of carbonyl (C=O) groups excluding carboxylic acids is 9. The first-order valence-corrected chi connectivity index (χ1v) is 16.5. The number of nitrogens with one attached hydrogen (secondary N) is 3. The molecule has 15 nitrogen and oxygen atoms in total. The average molecular weight is 659 g/mol. The Hall–Kier alpha value is -4.17. The van der Waals surface area contributed by atoms with Crippen molar-refractivity contribution in [1.82, 2.24) is 30.7 Å². The Morgan fingerprint density at radius 3 is 1.17 bits per heavy atom. The summed E-state index contributed by atoms with van der Waals surface area (Å²) in [4.78, 5) is 117. The van der Waals surface area contributed by atoms with Gasteiger partial charge in [-0.3, -0.25) is 57.9 Å². The SMILES string of the molecule is CC1CC(=O)N(CCNC(=O)[C@@H]2CC(C(=O)NCCN3C(=O)CC(C(C)C)C3=O)C[C@H](C(=O)NCCN3C(=O)CC(C)C3=O)C2)C1=O. The molecule has 0 aromatic rings. The third-order valence-electron chi connectivity index (χ3n) is 9.75. The molecular formula is C32H46N6O9. The van der Waals surface area contributed by atoms with Crippen LogP contribution in [0.1, 0.15) is 66.2 Å². The van der Waals surface area contributed by atoms with Crippen molar-refractivity contribution >= 4 is 53.2 Å². The lowest BCUT2D eigenvalue weighted by Crippen LogP contribution is -2.47. The fraction of sp³-hybridized carbons (Fsp3) is 0.719. The van der Waals surface area contributed by atoms with Gasteiger partial charge in [-0.2, -0.15) is 0 Å². The van der Waals surface area contributed by atoms with Gasteiger partial charge in [-0.05, 0) is 25.2 Å². The number of hydrogen-bond acceptors (Lipinski definition) is 9. The van der Waals surface area contributed by atoms with E-state index in [4.69, 9.17) is 0 Å². The molecule has 1 aliphatic carbocycles. The summed E-state index contributed by atoms with van der Waals surface area (Å²) in [5.74, 6) is -6.33. The molecule has 1 saturated carbocycles. The molecule has 9 amide bonds. The largest absolute Gasteiger partial charge is 0.354 e. The van der Waals surface area contributed by atoms with Crippen LogP contribution in [-0.2, 0) is 43.2 Å². The van der Waals surface area contributed by atoms with Gasteiger partial charge in [-0.1, -0.05) is 27.7 Å². The zero-order valence-corrected chi connectivity index (χ0v) is 27.5. The van der Waals surface area contributed by atoms with Crippen LogP contribution in [0.3, 0.4) is 0 Å². The molecule has 4 rings (SSSR count). The first kappa shape index (κ1) is 35.7. The molecular weight excluding hydrogens is 612 g/mol. The minimum Gasteiger partial charge on any atom is -0.354 e. The molecule has 0 spiro atoms. The van der Waals surface area contributed by atoms with E-state index in [1.54, 1.807) is 13.8 Å². The fourth-order valence-corrected chi connectivity index (χ4v) is 6.90. The van der Waals surface area contributed by atoms with Crippen molar-refractivity contribution in [3.8, 4) is 0 Å². The fourth-order valence-electron chi connectivity index (χ4n) is 6.90. The molecule has 3 N–H and O–H groups in total. The van der Waals surface area contributed by atoms with Crippen LogP contribution in [0.25, 0.3) is 0 Å². The van der Waals surface area contributed by atoms with Crippen LogP contribution < -0.4 is 16.0 Å². The van der Waals surface area contributed by atoms with Crippen molar-refractivity contribution in [3.05, 3.63) is 0 Å². The quantitative estimate of drug-likeness (QED) is 0.212. The molecule has 3 heterocycles. The molecule has 3 saturated heterocycles. The summed E-state index contributed by atoms with van der Waals surface area (Å²) >= 11 is 0. The standard InChI is InChI=1S/C32H46N6O9/c1-17(2)23-16-26(41)38(32(23)47)10-7-35-29(44)22-14-20(27(42)33-5-8-36-24(39)11-18(3)30(36)45)13-21(15-22)28(43)34-6-9-37-25(40)12-19(4)31(37)46/h17-23H,5-16H2,1-4H3,(H,33,42)(H,34,43)(H,35,44)/t18?,19?,20-,21+,22?,23?. The first-order chi connectivity index (χ1) is 22.2. The highest BCUT2D eigenvalue weighted by Gasteiger charge is 2.42. The van der Waals surface area contributed by atoms with E-state index in [0.29, 0.717) is 0 Å². The van der Waals surface area contributed by atoms with Crippen LogP contribution in [-0.4, -0.2) is 107 Å². The van der Waals surface area contributed by atoms with Gasteiger partial charge < -0.3 is 16.0 Å². The topological polar surface area (TPSA) is 199 Å². The third kappa shape index (κ3) is 8.22. The predicted octanol–water partition coefficient (Wildman–Crippen LogP) is -0.811. The maximum absolute atomic E-state index is 13.3. The normalized spacial score (nSPS) is 28.1. The number of rotatable bonds is 13. The lowest BCUT2D eigenvalue weighted by Gasteiger charge is -2.33. The summed E-state index contributed by atoms with van der Waals surface area (Å²) in [6.07, 6.45) is 0.823. The highest BCUT2D eigenvalue weighted by Crippen LogP contribution is 2.34. The molecule has 0 aromatic carbocycles. The predicted molar refractivity (Wildman–Crippen MR) is 164 cm³/mol. The molecule has 0 bridgehead atoms. The van der Waals surface area contributed by atoms with Crippen molar-refractivity contribution in [2.45, 2.75) is 66.2 Å². The van der Waals surface area contributed by atoms with E-state index >= 15 is 0 Å². The Morgan fingerprint density at radius 1 is 0.574 bits per heavy atom. The maximum atomic E-state index is 13.3. The molecule has 3 aliphatic heterocycles. The highest BCUT2D eigenvalue weighted by atomic mass is 16.2. The number of hydrogen-bond donors (Lipinski definition) is 3. The van der Waals surface area contributed by atoms with Gasteiger partial charge in [0, 0.05) is 94.0 Å². The lowest BCUT2D eigenvalue weighted by molar-refractivity contribution is -0.141. The van der Waals surface area contributed by atoms with Gasteiger partial charge in [0.1, 0.15) is 0 Å². The Balaban J connectivity index is 1.35. The van der Waals surface area contributed by atoms with Gasteiger partial charge in [0.05, 0.1) is 0 Å². The van der Waals surface area contributed by atoms with E-state index in [1.807, 2.05) is 13.8 Å². The average Bonchev–Trinajstić information content (AvgIpc) is 3.55. The van der Waals surface area contributed by atoms with Gasteiger partial charge in [0.2, 0.25) is 53.2 Å². The van der Waals surface area contributed by atoms with Crippen molar-refractivity contribution in [1.29, 1.82) is 0 Å². The van der Waals surface area contributed by atoms with E-state index in [1.165, 1.54) is 0 Å². The highest BCUT2D eigenvalue weighted by molar-refractivity contribution is 6.04. The van der Waals surface area contributed by atoms with Crippen molar-refractivity contribution in [2.24, 2.45) is 41.4 Å². The number of imide groups is 3. The van der Waals surface area contributed by atoms with Crippen LogP contribution in [0.15, 0.2) is 0 Å². The van der Waals surface area contributed by atoms with Crippen LogP contribution in [0.5, 0.6) is 0 Å². The zero-order chi connectivity index (χ0) is 34.6. The first-order valence-electron chi connectivity index (χ1n) is 16.5. The third-order valence-corrected chi connectivity index (χ3v) is 9.75. The Labute approximate surface area is 273 Å². The van der Waals surface area contributed by atoms with Crippen LogP contribution in [0.4, 0.5) is 0 Å². The summed E-state index contributed by atoms with van der Waals surface area (Å²) in [5.41, 5.74) is 0. The Kier molecular flexibility index (Phi) is 11.5. The van der Waals surface area contributed by atoms with E-state index in [-0.39, 0.29) is 125 Å². The molecule has 15 heteroatoms. The molecule has 4 aliphatic rings. The monoisotopic (exact) mass is 658 g/mol. The summed E-state index contributed by atoms with van der Waals surface area (Å²) < 4.78 is 0. The molecule has 258 valence electrons. The number of likely N-dealkylation sites (tertiary alicyclic amines) is 3. The van der Waals surface area contributed by atoms with Crippen molar-refractivity contribution in [2.75, 3.05) is 39.3 Å². The molecule has 4 fully saturated rings. The van der Waals surface area contributed by atoms with Crippen molar-refractivity contribution in [3.63, 3.8) is 0 Å². The Morgan fingerprint density at radius 2 is 0.894 bits per heavy atom. The van der Waals surface area contributed by atoms with Gasteiger partial charge in [-0.15, -0.1) is 0 Å². The van der Waals surface area contributed by atoms with Crippen LogP contribution in [0, 0.1) is 41.4 Å². The molecule has 0 radical (unpaired) electrons. The molecule has 4 unspecified atom stereocenters. The molecule has 0 aromatic heterocycles. The summed E-state index contributed by atoms with van der Waals surface area (Å²) in [7, 11) is 0. The maximum Gasteiger partial charge on any atom is 0.233 e.